The minimum absolute atomic E-state index is 0.0212. The number of nitrogens with one attached hydrogen (secondary N) is 1. The minimum atomic E-state index is -0.0212. The third kappa shape index (κ3) is 3.27. The highest BCUT2D eigenvalue weighted by molar-refractivity contribution is 7.22. The van der Waals surface area contributed by atoms with Crippen LogP contribution in [0.3, 0.4) is 0 Å². The van der Waals surface area contributed by atoms with Gasteiger partial charge in [-0.2, -0.15) is 0 Å². The molecular weight excluding hydrogens is 304 g/mol. The second-order valence-electron chi connectivity index (χ2n) is 6.03. The number of fused-ring (bicyclic) bond motifs is 1. The van der Waals surface area contributed by atoms with E-state index in [2.05, 4.69) is 54.5 Å². The number of nitrogens with zero attached hydrogens (tertiary/aromatic N) is 1. The van der Waals surface area contributed by atoms with Crippen molar-refractivity contribution >= 4 is 32.6 Å². The van der Waals surface area contributed by atoms with Gasteiger partial charge in [0.25, 0.3) is 0 Å². The molecule has 0 radical (unpaired) electrons. The Kier molecular flexibility index (Phi) is 4.18. The van der Waals surface area contributed by atoms with Crippen LogP contribution in [0.2, 0.25) is 0 Å². The van der Waals surface area contributed by atoms with E-state index in [0.29, 0.717) is 11.6 Å². The van der Waals surface area contributed by atoms with Crippen LogP contribution in [-0.2, 0) is 11.2 Å². The zero-order valence-electron chi connectivity index (χ0n) is 13.9. The molecule has 3 aromatic rings. The lowest BCUT2D eigenvalue weighted by atomic mass is 10.0. The van der Waals surface area contributed by atoms with E-state index < -0.39 is 0 Å². The number of aryl methyl sites for hydroxylation is 4. The lowest BCUT2D eigenvalue weighted by Crippen LogP contribution is -2.15. The molecule has 0 saturated heterocycles. The topological polar surface area (TPSA) is 42.0 Å². The van der Waals surface area contributed by atoms with Gasteiger partial charge in [0.05, 0.1) is 16.6 Å². The lowest BCUT2D eigenvalue weighted by molar-refractivity contribution is -0.115. The number of rotatable bonds is 3. The van der Waals surface area contributed by atoms with Crippen LogP contribution >= 0.6 is 11.3 Å². The van der Waals surface area contributed by atoms with Gasteiger partial charge in [-0.1, -0.05) is 41.2 Å². The van der Waals surface area contributed by atoms with Gasteiger partial charge in [-0.05, 0) is 56.0 Å². The van der Waals surface area contributed by atoms with Gasteiger partial charge in [-0.25, -0.2) is 4.98 Å². The van der Waals surface area contributed by atoms with E-state index in [1.54, 1.807) is 0 Å². The van der Waals surface area contributed by atoms with Crippen molar-refractivity contribution in [3.8, 4) is 0 Å². The molecule has 0 fully saturated rings. The van der Waals surface area contributed by atoms with Crippen LogP contribution in [0, 0.1) is 27.7 Å². The Morgan fingerprint density at radius 3 is 2.61 bits per heavy atom. The summed E-state index contributed by atoms with van der Waals surface area (Å²) < 4.78 is 1.11. The summed E-state index contributed by atoms with van der Waals surface area (Å²) >= 11 is 1.52. The summed E-state index contributed by atoms with van der Waals surface area (Å²) in [5, 5.41) is 3.61. The first-order chi connectivity index (χ1) is 10.9. The first-order valence-electron chi connectivity index (χ1n) is 7.67. The summed E-state index contributed by atoms with van der Waals surface area (Å²) in [6.45, 7) is 8.22. The van der Waals surface area contributed by atoms with Crippen molar-refractivity contribution in [2.45, 2.75) is 34.1 Å². The zero-order valence-corrected chi connectivity index (χ0v) is 14.7. The smallest absolute Gasteiger partial charge is 0.230 e. The van der Waals surface area contributed by atoms with E-state index in [4.69, 9.17) is 0 Å². The van der Waals surface area contributed by atoms with Crippen LogP contribution in [-0.4, -0.2) is 10.9 Å². The first kappa shape index (κ1) is 15.7. The second kappa shape index (κ2) is 6.13. The fraction of sp³-hybridized carbons (Fsp3) is 0.263. The van der Waals surface area contributed by atoms with Gasteiger partial charge >= 0.3 is 0 Å². The van der Waals surface area contributed by atoms with Crippen LogP contribution in [0.25, 0.3) is 10.2 Å². The maximum Gasteiger partial charge on any atom is 0.230 e. The monoisotopic (exact) mass is 324 g/mol. The molecule has 0 saturated carbocycles. The van der Waals surface area contributed by atoms with Gasteiger partial charge in [0.15, 0.2) is 5.13 Å². The number of aromatic nitrogens is 1. The highest BCUT2D eigenvalue weighted by Gasteiger charge is 2.12. The lowest BCUT2D eigenvalue weighted by Gasteiger charge is -2.06. The summed E-state index contributed by atoms with van der Waals surface area (Å²) in [6, 6.07) is 10.4. The fourth-order valence-corrected chi connectivity index (χ4v) is 3.55. The van der Waals surface area contributed by atoms with Gasteiger partial charge in [-0.3, -0.25) is 4.79 Å². The molecule has 2 aromatic carbocycles. The molecule has 118 valence electrons. The number of carbonyl (C=O) groups excluding carboxylic acids is 1. The average Bonchev–Trinajstić information content (AvgIpc) is 2.90. The molecule has 1 N–H and O–H groups in total. The molecule has 23 heavy (non-hydrogen) atoms. The molecule has 4 heteroatoms. The number of hydrogen-bond donors (Lipinski definition) is 1. The van der Waals surface area contributed by atoms with Crippen molar-refractivity contribution in [1.29, 1.82) is 0 Å². The molecule has 0 aliphatic rings. The quantitative estimate of drug-likeness (QED) is 0.758. The molecule has 0 aliphatic carbocycles. The summed E-state index contributed by atoms with van der Waals surface area (Å²) in [6.07, 6.45) is 0.376. The highest BCUT2D eigenvalue weighted by atomic mass is 32.1. The van der Waals surface area contributed by atoms with Gasteiger partial charge in [-0.15, -0.1) is 0 Å². The summed E-state index contributed by atoms with van der Waals surface area (Å²) in [7, 11) is 0. The third-order valence-electron chi connectivity index (χ3n) is 4.19. The molecule has 0 aliphatic heterocycles. The van der Waals surface area contributed by atoms with Crippen LogP contribution in [0.1, 0.15) is 27.8 Å². The molecule has 0 unspecified atom stereocenters. The zero-order chi connectivity index (χ0) is 16.6. The summed E-state index contributed by atoms with van der Waals surface area (Å²) in [4.78, 5) is 16.9. The number of carbonyl (C=O) groups is 1. The van der Waals surface area contributed by atoms with E-state index in [9.17, 15) is 4.79 Å². The van der Waals surface area contributed by atoms with Crippen molar-refractivity contribution in [2.24, 2.45) is 0 Å². The number of benzene rings is 2. The van der Waals surface area contributed by atoms with E-state index in [0.717, 1.165) is 21.3 Å². The second-order valence-corrected chi connectivity index (χ2v) is 7.06. The Hall–Kier alpha value is -2.20. The Balaban J connectivity index is 1.80. The maximum atomic E-state index is 12.3. The van der Waals surface area contributed by atoms with Crippen LogP contribution in [0.15, 0.2) is 30.3 Å². The van der Waals surface area contributed by atoms with E-state index in [-0.39, 0.29) is 5.91 Å². The molecule has 1 aromatic heterocycles. The average molecular weight is 324 g/mol. The molecule has 1 amide bonds. The molecule has 0 bridgehead atoms. The SMILES string of the molecule is Cc1ccc(C)c(CC(=O)Nc2nc3c(C)c(C)ccc3s2)c1. The van der Waals surface area contributed by atoms with Crippen molar-refractivity contribution in [3.05, 3.63) is 58.1 Å². The predicted molar refractivity (Wildman–Crippen MR) is 97.3 cm³/mol. The Bertz CT molecular complexity index is 896. The summed E-state index contributed by atoms with van der Waals surface area (Å²) in [5.74, 6) is -0.0212. The van der Waals surface area contributed by atoms with Gasteiger partial charge in [0, 0.05) is 0 Å². The van der Waals surface area contributed by atoms with E-state index in [1.165, 1.54) is 28.0 Å². The van der Waals surface area contributed by atoms with E-state index >= 15 is 0 Å². The molecule has 3 nitrogen and oxygen atoms in total. The van der Waals surface area contributed by atoms with Crippen molar-refractivity contribution in [3.63, 3.8) is 0 Å². The molecule has 3 rings (SSSR count). The van der Waals surface area contributed by atoms with Crippen LogP contribution in [0.4, 0.5) is 5.13 Å². The Labute approximate surface area is 140 Å². The predicted octanol–water partition coefficient (Wildman–Crippen LogP) is 4.71. The van der Waals surface area contributed by atoms with Crippen LogP contribution < -0.4 is 5.32 Å². The van der Waals surface area contributed by atoms with Crippen LogP contribution in [0.5, 0.6) is 0 Å². The Morgan fingerprint density at radius 2 is 1.83 bits per heavy atom. The fourth-order valence-electron chi connectivity index (χ4n) is 2.61. The van der Waals surface area contributed by atoms with Gasteiger partial charge in [0.2, 0.25) is 5.91 Å². The van der Waals surface area contributed by atoms with Crippen molar-refractivity contribution in [2.75, 3.05) is 5.32 Å². The minimum Gasteiger partial charge on any atom is -0.302 e. The van der Waals surface area contributed by atoms with Gasteiger partial charge in [0.1, 0.15) is 0 Å². The van der Waals surface area contributed by atoms with Gasteiger partial charge < -0.3 is 5.32 Å². The molecule has 1 heterocycles. The largest absolute Gasteiger partial charge is 0.302 e. The first-order valence-corrected chi connectivity index (χ1v) is 8.48. The number of thiazole rings is 1. The molecular formula is C19H20N2OS. The Morgan fingerprint density at radius 1 is 1.09 bits per heavy atom. The maximum absolute atomic E-state index is 12.3. The standard InChI is InChI=1S/C19H20N2OS/c1-11-5-6-13(3)15(9-11)10-17(22)20-19-21-18-14(4)12(2)7-8-16(18)23-19/h5-9H,10H2,1-4H3,(H,20,21,22). The van der Waals surface area contributed by atoms with E-state index in [1.807, 2.05) is 13.8 Å². The highest BCUT2D eigenvalue weighted by Crippen LogP contribution is 2.29. The number of hydrogen-bond acceptors (Lipinski definition) is 3. The molecule has 0 atom stereocenters. The van der Waals surface area contributed by atoms with Crippen molar-refractivity contribution in [1.82, 2.24) is 4.98 Å². The third-order valence-corrected chi connectivity index (χ3v) is 5.12. The summed E-state index contributed by atoms with van der Waals surface area (Å²) in [5.41, 5.74) is 6.75. The number of anilines is 1. The normalized spacial score (nSPS) is 11.0. The van der Waals surface area contributed by atoms with Crippen molar-refractivity contribution < 1.29 is 4.79 Å². The number of amides is 1. The molecule has 0 spiro atoms.